The van der Waals surface area contributed by atoms with Gasteiger partial charge in [0.05, 0.1) is 25.6 Å². The van der Waals surface area contributed by atoms with E-state index in [-0.39, 0.29) is 30.0 Å². The number of hydrogen-bond donors (Lipinski definition) is 3. The van der Waals surface area contributed by atoms with Crippen LogP contribution in [0.25, 0.3) is 0 Å². The van der Waals surface area contributed by atoms with Gasteiger partial charge in [0.1, 0.15) is 0 Å². The van der Waals surface area contributed by atoms with Crippen molar-refractivity contribution in [1.29, 1.82) is 0 Å². The number of aliphatic hydroxyl groups excluding tert-OH is 1. The largest absolute Gasteiger partial charge is 0.504 e. The summed E-state index contributed by atoms with van der Waals surface area (Å²) in [6.45, 7) is 2.08. The van der Waals surface area contributed by atoms with Gasteiger partial charge in [0, 0.05) is 0 Å². The van der Waals surface area contributed by atoms with Crippen LogP contribution >= 0.6 is 12.6 Å². The van der Waals surface area contributed by atoms with Gasteiger partial charge in [0.2, 0.25) is 0 Å². The summed E-state index contributed by atoms with van der Waals surface area (Å²) in [5, 5.41) is 19.9. The molecule has 0 amide bonds. The smallest absolute Gasteiger partial charge is 0.315 e. The van der Waals surface area contributed by atoms with Crippen LogP contribution in [0.5, 0.6) is 11.5 Å². The van der Waals surface area contributed by atoms with Crippen LogP contribution in [0, 0.1) is 5.92 Å². The predicted molar refractivity (Wildman–Crippen MR) is 78.2 cm³/mol. The van der Waals surface area contributed by atoms with E-state index in [0.29, 0.717) is 17.7 Å². The van der Waals surface area contributed by atoms with Gasteiger partial charge < -0.3 is 19.7 Å². The summed E-state index contributed by atoms with van der Waals surface area (Å²) in [6, 6.07) is 4.76. The molecule has 0 saturated carbocycles. The normalized spacial score (nSPS) is 13.6. The molecule has 1 aromatic carbocycles. The lowest BCUT2D eigenvalue weighted by atomic mass is 9.94. The van der Waals surface area contributed by atoms with E-state index in [1.807, 2.05) is 6.92 Å². The summed E-state index contributed by atoms with van der Waals surface area (Å²) in [7, 11) is 1.46. The topological polar surface area (TPSA) is 76.0 Å². The van der Waals surface area contributed by atoms with Gasteiger partial charge in [-0.1, -0.05) is 13.0 Å². The van der Waals surface area contributed by atoms with E-state index in [2.05, 4.69) is 12.6 Å². The molecule has 0 aliphatic heterocycles. The molecule has 1 rings (SSSR count). The van der Waals surface area contributed by atoms with Crippen LogP contribution in [0.3, 0.4) is 0 Å². The maximum atomic E-state index is 10.9. The molecule has 0 saturated heterocycles. The Hall–Kier alpha value is -1.40. The standard InChI is InChI=1S/C14H20O5S/c1-9(5-6-19-13(16)8-20)14(17)10-3-4-12(18-2)11(15)7-10/h3-4,7,9,14-15,17,20H,5-6,8H2,1-2H3/t9-,14-/m0/s1. The average Bonchev–Trinajstić information content (AvgIpc) is 2.45. The number of ether oxygens (including phenoxy) is 2. The highest BCUT2D eigenvalue weighted by molar-refractivity contribution is 7.81. The maximum Gasteiger partial charge on any atom is 0.315 e. The zero-order valence-electron chi connectivity index (χ0n) is 11.6. The number of rotatable bonds is 7. The molecule has 0 radical (unpaired) electrons. The second-order valence-corrected chi connectivity index (χ2v) is 4.84. The first-order chi connectivity index (χ1) is 9.49. The van der Waals surface area contributed by atoms with Gasteiger partial charge in [-0.2, -0.15) is 12.6 Å². The first-order valence-corrected chi connectivity index (χ1v) is 6.94. The highest BCUT2D eigenvalue weighted by Gasteiger charge is 2.18. The molecule has 1 aromatic rings. The van der Waals surface area contributed by atoms with Crippen molar-refractivity contribution in [2.45, 2.75) is 19.4 Å². The van der Waals surface area contributed by atoms with Gasteiger partial charge in [-0.15, -0.1) is 0 Å². The number of aliphatic hydroxyl groups is 1. The molecule has 5 nitrogen and oxygen atoms in total. The summed E-state index contributed by atoms with van der Waals surface area (Å²) in [6.07, 6.45) is -0.227. The van der Waals surface area contributed by atoms with E-state index in [0.717, 1.165) is 0 Å². The molecule has 0 bridgehead atoms. The van der Waals surface area contributed by atoms with Crippen molar-refractivity contribution in [3.8, 4) is 11.5 Å². The Morgan fingerprint density at radius 2 is 2.15 bits per heavy atom. The molecule has 0 aromatic heterocycles. The van der Waals surface area contributed by atoms with E-state index >= 15 is 0 Å². The van der Waals surface area contributed by atoms with Crippen LogP contribution in [-0.4, -0.2) is 35.7 Å². The summed E-state index contributed by atoms with van der Waals surface area (Å²) in [5.41, 5.74) is 0.594. The highest BCUT2D eigenvalue weighted by atomic mass is 32.1. The molecule has 0 heterocycles. The molecule has 0 spiro atoms. The minimum Gasteiger partial charge on any atom is -0.504 e. The van der Waals surface area contributed by atoms with Crippen LogP contribution in [-0.2, 0) is 9.53 Å². The van der Waals surface area contributed by atoms with Crippen LogP contribution in [0.4, 0.5) is 0 Å². The Morgan fingerprint density at radius 3 is 2.70 bits per heavy atom. The van der Waals surface area contributed by atoms with Crippen molar-refractivity contribution in [2.24, 2.45) is 5.92 Å². The number of phenols is 1. The predicted octanol–water partition coefficient (Wildman–Crippen LogP) is 1.93. The van der Waals surface area contributed by atoms with Crippen LogP contribution in [0.1, 0.15) is 25.0 Å². The second-order valence-electron chi connectivity index (χ2n) is 4.52. The number of hydrogen-bond acceptors (Lipinski definition) is 6. The molecular weight excluding hydrogens is 280 g/mol. The summed E-state index contributed by atoms with van der Waals surface area (Å²) >= 11 is 3.80. The number of esters is 1. The molecular formula is C14H20O5S. The van der Waals surface area contributed by atoms with Gasteiger partial charge in [0.15, 0.2) is 11.5 Å². The quantitative estimate of drug-likeness (QED) is 0.530. The van der Waals surface area contributed by atoms with Crippen molar-refractivity contribution in [3.63, 3.8) is 0 Å². The van der Waals surface area contributed by atoms with Crippen molar-refractivity contribution in [1.82, 2.24) is 0 Å². The third-order valence-corrected chi connectivity index (χ3v) is 3.31. The van der Waals surface area contributed by atoms with Crippen LogP contribution < -0.4 is 4.74 Å². The lowest BCUT2D eigenvalue weighted by Gasteiger charge is -2.19. The van der Waals surface area contributed by atoms with Crippen LogP contribution in [0.15, 0.2) is 18.2 Å². The minimum absolute atomic E-state index is 0.0160. The SMILES string of the molecule is COc1ccc([C@@H](O)[C@@H](C)CCOC(=O)CS)cc1O. The number of carbonyl (C=O) groups excluding carboxylic acids is 1. The summed E-state index contributed by atoms with van der Waals surface area (Å²) < 4.78 is 9.86. The van der Waals surface area contributed by atoms with Crippen molar-refractivity contribution < 1.29 is 24.5 Å². The lowest BCUT2D eigenvalue weighted by Crippen LogP contribution is -2.14. The van der Waals surface area contributed by atoms with Gasteiger partial charge in [-0.25, -0.2) is 0 Å². The molecule has 0 aliphatic rings. The zero-order valence-corrected chi connectivity index (χ0v) is 12.5. The number of benzene rings is 1. The van der Waals surface area contributed by atoms with Crippen molar-refractivity contribution in [2.75, 3.05) is 19.5 Å². The fourth-order valence-electron chi connectivity index (χ4n) is 1.78. The third-order valence-electron chi connectivity index (χ3n) is 3.05. The Labute approximate surface area is 123 Å². The Morgan fingerprint density at radius 1 is 1.45 bits per heavy atom. The van der Waals surface area contributed by atoms with Gasteiger partial charge in [0.25, 0.3) is 0 Å². The molecule has 0 aliphatic carbocycles. The minimum atomic E-state index is -0.749. The highest BCUT2D eigenvalue weighted by Crippen LogP contribution is 2.32. The zero-order chi connectivity index (χ0) is 15.1. The average molecular weight is 300 g/mol. The first kappa shape index (κ1) is 16.7. The molecule has 0 fully saturated rings. The molecule has 6 heteroatoms. The molecule has 2 N–H and O–H groups in total. The Kier molecular flexibility index (Phi) is 6.67. The van der Waals surface area contributed by atoms with E-state index in [1.165, 1.54) is 13.2 Å². The first-order valence-electron chi connectivity index (χ1n) is 6.31. The van der Waals surface area contributed by atoms with Crippen molar-refractivity contribution in [3.05, 3.63) is 23.8 Å². The second kappa shape index (κ2) is 8.01. The molecule has 20 heavy (non-hydrogen) atoms. The van der Waals surface area contributed by atoms with Gasteiger partial charge in [-0.3, -0.25) is 4.79 Å². The number of methoxy groups -OCH3 is 1. The Bertz CT molecular complexity index is 449. The summed E-state index contributed by atoms with van der Waals surface area (Å²) in [5.74, 6) is -0.106. The molecule has 0 unspecified atom stereocenters. The lowest BCUT2D eigenvalue weighted by molar-refractivity contribution is -0.141. The monoisotopic (exact) mass is 300 g/mol. The van der Waals surface area contributed by atoms with E-state index < -0.39 is 6.10 Å². The number of carbonyl (C=O) groups is 1. The number of thiol groups is 1. The van der Waals surface area contributed by atoms with E-state index in [1.54, 1.807) is 12.1 Å². The molecule has 2 atom stereocenters. The fraction of sp³-hybridized carbons (Fsp3) is 0.500. The van der Waals surface area contributed by atoms with E-state index in [9.17, 15) is 15.0 Å². The van der Waals surface area contributed by atoms with Gasteiger partial charge in [-0.05, 0) is 30.0 Å². The van der Waals surface area contributed by atoms with Crippen LogP contribution in [0.2, 0.25) is 0 Å². The maximum absolute atomic E-state index is 10.9. The molecule has 112 valence electrons. The Balaban J connectivity index is 2.57. The fourth-order valence-corrected chi connectivity index (χ4v) is 1.87. The third kappa shape index (κ3) is 4.61. The number of phenolic OH excluding ortho intramolecular Hbond substituents is 1. The van der Waals surface area contributed by atoms with Crippen molar-refractivity contribution >= 4 is 18.6 Å². The van der Waals surface area contributed by atoms with Gasteiger partial charge >= 0.3 is 5.97 Å². The number of aromatic hydroxyl groups is 1. The summed E-state index contributed by atoms with van der Waals surface area (Å²) in [4.78, 5) is 10.9. The van der Waals surface area contributed by atoms with E-state index in [4.69, 9.17) is 9.47 Å².